The molecule has 0 saturated carbocycles. The highest BCUT2D eigenvalue weighted by atomic mass is 35.5. The molecular formula is C15H21ClN2O4S2. The van der Waals surface area contributed by atoms with Gasteiger partial charge in [-0.2, -0.15) is 0 Å². The first kappa shape index (κ1) is 20.9. The number of nitrogens with one attached hydrogen (secondary N) is 1. The molecule has 0 saturated heterocycles. The molecule has 0 aliphatic carbocycles. The van der Waals surface area contributed by atoms with Crippen LogP contribution in [0.1, 0.15) is 11.6 Å². The van der Waals surface area contributed by atoms with Crippen LogP contribution in [0.2, 0.25) is 0 Å². The van der Waals surface area contributed by atoms with Crippen molar-refractivity contribution in [3.05, 3.63) is 48.0 Å². The van der Waals surface area contributed by atoms with Gasteiger partial charge in [0.05, 0.1) is 17.5 Å². The van der Waals surface area contributed by atoms with Crippen LogP contribution in [0.5, 0.6) is 0 Å². The fraction of sp³-hybridized carbons (Fsp3) is 0.333. The summed E-state index contributed by atoms with van der Waals surface area (Å²) in [5, 5.41) is 2.03. The molecule has 134 valence electrons. The summed E-state index contributed by atoms with van der Waals surface area (Å²) in [7, 11) is -7.08. The van der Waals surface area contributed by atoms with Gasteiger partial charge in [0.25, 0.3) is 0 Å². The van der Waals surface area contributed by atoms with Crippen molar-refractivity contribution in [3.8, 4) is 0 Å². The van der Waals surface area contributed by atoms with E-state index in [1.54, 1.807) is 0 Å². The highest BCUT2D eigenvalue weighted by molar-refractivity contribution is 7.93. The molecule has 0 aliphatic rings. The van der Waals surface area contributed by atoms with Crippen LogP contribution in [0.15, 0.2) is 42.5 Å². The molecule has 0 aliphatic heterocycles. The Hall–Kier alpha value is -1.19. The van der Waals surface area contributed by atoms with Crippen molar-refractivity contribution in [2.75, 3.05) is 24.3 Å². The number of fused-ring (bicyclic) bond motifs is 1. The summed E-state index contributed by atoms with van der Waals surface area (Å²) in [6.45, 7) is 0.0798. The van der Waals surface area contributed by atoms with E-state index in [0.717, 1.165) is 22.6 Å². The molecule has 0 spiro atoms. The van der Waals surface area contributed by atoms with E-state index < -0.39 is 37.4 Å². The monoisotopic (exact) mass is 392 g/mol. The smallest absolute Gasteiger partial charge is 0.213 e. The van der Waals surface area contributed by atoms with Gasteiger partial charge in [-0.1, -0.05) is 36.4 Å². The molecule has 0 radical (unpaired) electrons. The summed E-state index contributed by atoms with van der Waals surface area (Å²) in [4.78, 5) is 0. The summed E-state index contributed by atoms with van der Waals surface area (Å²) in [6, 6.07) is 12.7. The molecule has 3 N–H and O–H groups in total. The molecule has 2 aromatic carbocycles. The minimum absolute atomic E-state index is 0. The fourth-order valence-corrected chi connectivity index (χ4v) is 5.09. The molecule has 24 heavy (non-hydrogen) atoms. The van der Waals surface area contributed by atoms with Gasteiger partial charge in [-0.3, -0.25) is 0 Å². The molecule has 0 heterocycles. The van der Waals surface area contributed by atoms with Crippen molar-refractivity contribution in [2.24, 2.45) is 5.73 Å². The van der Waals surface area contributed by atoms with Crippen LogP contribution in [-0.4, -0.2) is 41.1 Å². The summed E-state index contributed by atoms with van der Waals surface area (Å²) >= 11 is 0. The van der Waals surface area contributed by atoms with Crippen molar-refractivity contribution in [2.45, 2.75) is 6.04 Å². The van der Waals surface area contributed by atoms with Crippen LogP contribution < -0.4 is 10.5 Å². The Balaban J connectivity index is 0.00000288. The van der Waals surface area contributed by atoms with Crippen molar-refractivity contribution in [3.63, 3.8) is 0 Å². The van der Waals surface area contributed by atoms with Gasteiger partial charge < -0.3 is 5.73 Å². The molecule has 2 rings (SSSR count). The van der Waals surface area contributed by atoms with Crippen LogP contribution in [0.3, 0.4) is 0 Å². The molecule has 9 heteroatoms. The zero-order chi connectivity index (χ0) is 17.1. The van der Waals surface area contributed by atoms with Gasteiger partial charge in [0.2, 0.25) is 10.0 Å². The summed E-state index contributed by atoms with van der Waals surface area (Å²) in [5.41, 5.74) is 6.44. The fourth-order valence-electron chi connectivity index (χ4n) is 2.21. The maximum Gasteiger partial charge on any atom is 0.213 e. The zero-order valence-corrected chi connectivity index (χ0v) is 15.6. The lowest BCUT2D eigenvalue weighted by atomic mass is 10.0. The van der Waals surface area contributed by atoms with E-state index in [-0.39, 0.29) is 19.0 Å². The average Bonchev–Trinajstić information content (AvgIpc) is 2.50. The summed E-state index contributed by atoms with van der Waals surface area (Å²) in [5.74, 6) is -0.896. The molecule has 1 atom stereocenters. The van der Waals surface area contributed by atoms with Crippen molar-refractivity contribution in [1.29, 1.82) is 0 Å². The highest BCUT2D eigenvalue weighted by Gasteiger charge is 2.20. The van der Waals surface area contributed by atoms with E-state index in [1.807, 2.05) is 42.5 Å². The Morgan fingerprint density at radius 1 is 1.00 bits per heavy atom. The summed E-state index contributed by atoms with van der Waals surface area (Å²) < 4.78 is 48.8. The lowest BCUT2D eigenvalue weighted by Crippen LogP contribution is -2.36. The Morgan fingerprint density at radius 2 is 1.62 bits per heavy atom. The predicted octanol–water partition coefficient (Wildman–Crippen LogP) is 1.23. The molecule has 6 nitrogen and oxygen atoms in total. The number of hydrogen-bond acceptors (Lipinski definition) is 5. The molecular weight excluding hydrogens is 372 g/mol. The third kappa shape index (κ3) is 6.03. The topological polar surface area (TPSA) is 106 Å². The van der Waals surface area contributed by atoms with Crippen LogP contribution in [-0.2, 0) is 19.9 Å². The quantitative estimate of drug-likeness (QED) is 0.736. The third-order valence-electron chi connectivity index (χ3n) is 3.46. The second-order valence-corrected chi connectivity index (χ2v) is 9.59. The van der Waals surface area contributed by atoms with E-state index in [4.69, 9.17) is 5.73 Å². The molecule has 0 aromatic heterocycles. The second kappa shape index (κ2) is 8.26. The van der Waals surface area contributed by atoms with Crippen molar-refractivity contribution < 1.29 is 16.8 Å². The number of hydrogen-bond donors (Lipinski definition) is 2. The van der Waals surface area contributed by atoms with Crippen LogP contribution in [0.25, 0.3) is 10.8 Å². The molecule has 0 amide bonds. The SMILES string of the molecule is CS(=O)(=O)CCS(=O)(=O)NC(CN)c1ccc2ccccc2c1.Cl. The normalized spacial score (nSPS) is 13.4. The Labute approximate surface area is 148 Å². The minimum atomic E-state index is -3.74. The maximum absolute atomic E-state index is 12.1. The maximum atomic E-state index is 12.1. The number of rotatable bonds is 7. The van der Waals surface area contributed by atoms with E-state index in [0.29, 0.717) is 0 Å². The predicted molar refractivity (Wildman–Crippen MR) is 99.6 cm³/mol. The average molecular weight is 393 g/mol. The number of benzene rings is 2. The first-order valence-electron chi connectivity index (χ1n) is 7.07. The van der Waals surface area contributed by atoms with Gasteiger partial charge in [0.1, 0.15) is 9.84 Å². The Morgan fingerprint density at radius 3 is 2.21 bits per heavy atom. The van der Waals surface area contributed by atoms with Gasteiger partial charge in [0.15, 0.2) is 0 Å². The van der Waals surface area contributed by atoms with Crippen molar-refractivity contribution >= 4 is 43.0 Å². The number of sulfonamides is 1. The first-order chi connectivity index (χ1) is 10.7. The van der Waals surface area contributed by atoms with Crippen molar-refractivity contribution in [1.82, 2.24) is 4.72 Å². The Kier molecular flexibility index (Phi) is 7.18. The van der Waals surface area contributed by atoms with Gasteiger partial charge in [-0.05, 0) is 22.4 Å². The Bertz CT molecular complexity index is 899. The van der Waals surface area contributed by atoms with E-state index in [1.165, 1.54) is 0 Å². The third-order valence-corrected chi connectivity index (χ3v) is 6.05. The molecule has 2 aromatic rings. The number of nitrogens with two attached hydrogens (primary N) is 1. The molecule has 0 bridgehead atoms. The largest absolute Gasteiger partial charge is 0.329 e. The highest BCUT2D eigenvalue weighted by Crippen LogP contribution is 2.20. The lowest BCUT2D eigenvalue weighted by molar-refractivity contribution is 0.558. The van der Waals surface area contributed by atoms with Crippen LogP contribution >= 0.6 is 12.4 Å². The molecule has 0 fully saturated rings. The second-order valence-electron chi connectivity index (χ2n) is 5.46. The number of halogens is 1. The first-order valence-corrected chi connectivity index (χ1v) is 10.8. The number of sulfone groups is 1. The standard InChI is InChI=1S/C15H20N2O4S2.ClH/c1-22(18,19)8-9-23(20,21)17-15(11-16)14-7-6-12-4-2-3-5-13(12)10-14;/h2-7,10,15,17H,8-9,11,16H2,1H3;1H. The van der Waals surface area contributed by atoms with Gasteiger partial charge in [-0.15, -0.1) is 12.4 Å². The summed E-state index contributed by atoms with van der Waals surface area (Å²) in [6.07, 6.45) is 1.01. The van der Waals surface area contributed by atoms with E-state index in [2.05, 4.69) is 4.72 Å². The minimum Gasteiger partial charge on any atom is -0.329 e. The van der Waals surface area contributed by atoms with Gasteiger partial charge >= 0.3 is 0 Å². The zero-order valence-electron chi connectivity index (χ0n) is 13.2. The lowest BCUT2D eigenvalue weighted by Gasteiger charge is -2.18. The van der Waals surface area contributed by atoms with Crippen LogP contribution in [0, 0.1) is 0 Å². The van der Waals surface area contributed by atoms with Gasteiger partial charge in [0, 0.05) is 12.8 Å². The van der Waals surface area contributed by atoms with Crippen LogP contribution in [0.4, 0.5) is 0 Å². The molecule has 1 unspecified atom stereocenters. The van der Waals surface area contributed by atoms with Gasteiger partial charge in [-0.25, -0.2) is 21.6 Å². The van der Waals surface area contributed by atoms with E-state index in [9.17, 15) is 16.8 Å². The van der Waals surface area contributed by atoms with E-state index >= 15 is 0 Å².